The molecule has 0 saturated heterocycles. The molecule has 2 aliphatic rings. The Kier molecular flexibility index (Phi) is 5.49. The fourth-order valence-electron chi connectivity index (χ4n) is 5.12. The van der Waals surface area contributed by atoms with E-state index >= 15 is 0 Å². The normalized spacial score (nSPS) is 13.6. The first-order chi connectivity index (χ1) is 18.4. The Bertz CT molecular complexity index is 1580. The van der Waals surface area contributed by atoms with E-state index in [1.54, 1.807) is 24.3 Å². The molecule has 4 aromatic rings. The van der Waals surface area contributed by atoms with Crippen LogP contribution in [0.25, 0.3) is 11.1 Å². The second kappa shape index (κ2) is 9.01. The zero-order valence-electron chi connectivity index (χ0n) is 19.9. The van der Waals surface area contributed by atoms with Gasteiger partial charge in [0.15, 0.2) is 0 Å². The average molecular weight is 504 g/mol. The molecule has 2 N–H and O–H groups in total. The van der Waals surface area contributed by atoms with Crippen molar-refractivity contribution in [2.75, 3.05) is 16.8 Å². The standard InChI is InChI=1S/C30H20N2O6/c33-27-22-11-5-6-12-23(22)28(34)32(27)26-14-13-17(29(35)36)15-25(26)31-30(37)38-16-24-20-9-3-1-7-18(20)19-8-2-4-10-21(19)24/h1-15,24H,16H2,(H,31,37)(H,35,36). The second-order valence-corrected chi connectivity index (χ2v) is 8.98. The Morgan fingerprint density at radius 2 is 1.29 bits per heavy atom. The zero-order chi connectivity index (χ0) is 26.4. The van der Waals surface area contributed by atoms with Crippen molar-refractivity contribution >= 4 is 35.3 Å². The lowest BCUT2D eigenvalue weighted by Gasteiger charge is -2.20. The number of rotatable bonds is 5. The predicted octanol–water partition coefficient (Wildman–Crippen LogP) is 5.55. The third-order valence-corrected chi connectivity index (χ3v) is 6.86. The molecule has 3 amide bonds. The van der Waals surface area contributed by atoms with Gasteiger partial charge in [-0.1, -0.05) is 60.7 Å². The summed E-state index contributed by atoms with van der Waals surface area (Å²) in [6, 6.07) is 26.0. The van der Waals surface area contributed by atoms with Crippen LogP contribution in [0.3, 0.4) is 0 Å². The Morgan fingerprint density at radius 3 is 1.84 bits per heavy atom. The van der Waals surface area contributed by atoms with Crippen molar-refractivity contribution in [2.24, 2.45) is 0 Å². The van der Waals surface area contributed by atoms with Crippen molar-refractivity contribution in [3.63, 3.8) is 0 Å². The van der Waals surface area contributed by atoms with Crippen molar-refractivity contribution in [3.05, 3.63) is 119 Å². The molecule has 0 radical (unpaired) electrons. The van der Waals surface area contributed by atoms with E-state index in [0.29, 0.717) is 0 Å². The number of carbonyl (C=O) groups excluding carboxylic acids is 3. The SMILES string of the molecule is O=C(Nc1cc(C(=O)O)ccc1N1C(=O)c2ccccc2C1=O)OCC1c2ccccc2-c2ccccc21. The molecule has 1 aliphatic heterocycles. The maximum Gasteiger partial charge on any atom is 0.411 e. The van der Waals surface area contributed by atoms with Gasteiger partial charge in [0.25, 0.3) is 11.8 Å². The number of fused-ring (bicyclic) bond motifs is 4. The van der Waals surface area contributed by atoms with E-state index in [9.17, 15) is 24.3 Å². The van der Waals surface area contributed by atoms with Crippen molar-refractivity contribution in [3.8, 4) is 11.1 Å². The molecular formula is C30H20N2O6. The van der Waals surface area contributed by atoms with E-state index in [0.717, 1.165) is 27.2 Å². The molecule has 1 aliphatic carbocycles. The van der Waals surface area contributed by atoms with Gasteiger partial charge in [-0.25, -0.2) is 14.5 Å². The van der Waals surface area contributed by atoms with Crippen LogP contribution in [0, 0.1) is 0 Å². The topological polar surface area (TPSA) is 113 Å². The van der Waals surface area contributed by atoms with Crippen LogP contribution in [0.2, 0.25) is 0 Å². The number of benzene rings is 4. The molecule has 8 heteroatoms. The Balaban J connectivity index is 1.27. The first-order valence-electron chi connectivity index (χ1n) is 11.9. The summed E-state index contributed by atoms with van der Waals surface area (Å²) in [6.45, 7) is 0.0425. The number of anilines is 2. The minimum absolute atomic E-state index is 0.0309. The minimum atomic E-state index is -1.23. The van der Waals surface area contributed by atoms with Gasteiger partial charge in [0, 0.05) is 5.92 Å². The second-order valence-electron chi connectivity index (χ2n) is 8.98. The number of carboxylic acid groups (broad SMARTS) is 1. The van der Waals surface area contributed by atoms with Crippen LogP contribution in [0.5, 0.6) is 0 Å². The maximum atomic E-state index is 13.0. The predicted molar refractivity (Wildman–Crippen MR) is 140 cm³/mol. The molecule has 8 nitrogen and oxygen atoms in total. The molecule has 0 aromatic heterocycles. The highest BCUT2D eigenvalue weighted by Gasteiger charge is 2.38. The molecule has 6 rings (SSSR count). The lowest BCUT2D eigenvalue weighted by Crippen LogP contribution is -2.31. The number of hydrogen-bond acceptors (Lipinski definition) is 5. The number of carboxylic acids is 1. The van der Waals surface area contributed by atoms with Gasteiger partial charge in [-0.3, -0.25) is 14.9 Å². The van der Waals surface area contributed by atoms with E-state index < -0.39 is 23.9 Å². The zero-order valence-corrected chi connectivity index (χ0v) is 19.9. The van der Waals surface area contributed by atoms with E-state index in [-0.39, 0.29) is 40.6 Å². The first kappa shape index (κ1) is 23.2. The average Bonchev–Trinajstić information content (AvgIpc) is 3.39. The van der Waals surface area contributed by atoms with Gasteiger partial charge < -0.3 is 9.84 Å². The van der Waals surface area contributed by atoms with Crippen LogP contribution in [-0.4, -0.2) is 35.6 Å². The summed E-state index contributed by atoms with van der Waals surface area (Å²) >= 11 is 0. The van der Waals surface area contributed by atoms with Gasteiger partial charge in [-0.05, 0) is 52.6 Å². The number of amides is 3. The Labute approximate surface area is 217 Å². The van der Waals surface area contributed by atoms with Gasteiger partial charge in [-0.15, -0.1) is 0 Å². The first-order valence-corrected chi connectivity index (χ1v) is 11.9. The lowest BCUT2D eigenvalue weighted by atomic mass is 9.98. The van der Waals surface area contributed by atoms with Crippen LogP contribution in [-0.2, 0) is 4.74 Å². The number of nitrogens with one attached hydrogen (secondary N) is 1. The van der Waals surface area contributed by atoms with Crippen LogP contribution in [0.4, 0.5) is 16.2 Å². The summed E-state index contributed by atoms with van der Waals surface area (Å²) in [5.74, 6) is -2.53. The molecule has 0 saturated carbocycles. The van der Waals surface area contributed by atoms with Crippen LogP contribution in [0.15, 0.2) is 91.0 Å². The Hall–Kier alpha value is -5.24. The monoisotopic (exact) mass is 504 g/mol. The molecule has 0 bridgehead atoms. The number of carbonyl (C=O) groups is 4. The summed E-state index contributed by atoms with van der Waals surface area (Å²) in [5.41, 5.74) is 4.60. The largest absolute Gasteiger partial charge is 0.478 e. The smallest absolute Gasteiger partial charge is 0.411 e. The van der Waals surface area contributed by atoms with Gasteiger partial charge in [0.05, 0.1) is 28.1 Å². The van der Waals surface area contributed by atoms with Gasteiger partial charge >= 0.3 is 12.1 Å². The highest BCUT2D eigenvalue weighted by molar-refractivity contribution is 6.35. The summed E-state index contributed by atoms with van der Waals surface area (Å²) in [6.07, 6.45) is -0.840. The van der Waals surface area contributed by atoms with Gasteiger partial charge in [0.1, 0.15) is 6.61 Å². The number of nitrogens with zero attached hydrogens (tertiary/aromatic N) is 1. The number of hydrogen-bond donors (Lipinski definition) is 2. The third-order valence-electron chi connectivity index (χ3n) is 6.86. The van der Waals surface area contributed by atoms with E-state index in [1.165, 1.54) is 18.2 Å². The van der Waals surface area contributed by atoms with E-state index in [4.69, 9.17) is 4.74 Å². The van der Waals surface area contributed by atoms with E-state index in [2.05, 4.69) is 5.32 Å². The van der Waals surface area contributed by atoms with Crippen molar-refractivity contribution in [1.82, 2.24) is 0 Å². The summed E-state index contributed by atoms with van der Waals surface area (Å²) < 4.78 is 5.59. The van der Waals surface area contributed by atoms with Gasteiger partial charge in [0.2, 0.25) is 0 Å². The van der Waals surface area contributed by atoms with Gasteiger partial charge in [-0.2, -0.15) is 0 Å². The highest BCUT2D eigenvalue weighted by Crippen LogP contribution is 2.44. The molecule has 0 fully saturated rings. The third kappa shape index (κ3) is 3.70. The highest BCUT2D eigenvalue weighted by atomic mass is 16.5. The Morgan fingerprint density at radius 1 is 0.763 bits per heavy atom. The fourth-order valence-corrected chi connectivity index (χ4v) is 5.12. The van der Waals surface area contributed by atoms with Crippen LogP contribution >= 0.6 is 0 Å². The molecule has 1 heterocycles. The quantitative estimate of drug-likeness (QED) is 0.345. The minimum Gasteiger partial charge on any atom is -0.478 e. The number of ether oxygens (including phenoxy) is 1. The summed E-state index contributed by atoms with van der Waals surface area (Å²) in [7, 11) is 0. The summed E-state index contributed by atoms with van der Waals surface area (Å²) in [5, 5.41) is 12.0. The van der Waals surface area contributed by atoms with Crippen molar-refractivity contribution < 1.29 is 29.0 Å². The maximum absolute atomic E-state index is 13.0. The molecule has 4 aromatic carbocycles. The molecule has 0 atom stereocenters. The lowest BCUT2D eigenvalue weighted by molar-refractivity contribution is 0.0696. The number of imide groups is 1. The van der Waals surface area contributed by atoms with E-state index in [1.807, 2.05) is 48.5 Å². The molecule has 0 unspecified atom stereocenters. The van der Waals surface area contributed by atoms with Crippen LogP contribution in [0.1, 0.15) is 48.1 Å². The fraction of sp³-hybridized carbons (Fsp3) is 0.0667. The molecule has 186 valence electrons. The molecule has 0 spiro atoms. The molecular weight excluding hydrogens is 484 g/mol. The summed E-state index contributed by atoms with van der Waals surface area (Å²) in [4.78, 5) is 51.6. The van der Waals surface area contributed by atoms with Crippen molar-refractivity contribution in [1.29, 1.82) is 0 Å². The van der Waals surface area contributed by atoms with Crippen LogP contribution < -0.4 is 10.2 Å². The number of aromatic carboxylic acids is 1. The molecule has 38 heavy (non-hydrogen) atoms. The van der Waals surface area contributed by atoms with Crippen molar-refractivity contribution in [2.45, 2.75) is 5.92 Å².